The fraction of sp³-hybridized carbons (Fsp3) is 0.273. The molecule has 3 N–H and O–H groups in total. The number of imide groups is 1. The van der Waals surface area contributed by atoms with E-state index >= 15 is 0 Å². The zero-order valence-electron chi connectivity index (χ0n) is 9.23. The molecule has 1 rings (SSSR count). The van der Waals surface area contributed by atoms with Gasteiger partial charge in [0.15, 0.2) is 0 Å². The van der Waals surface area contributed by atoms with Gasteiger partial charge in [-0.1, -0.05) is 12.1 Å². The zero-order chi connectivity index (χ0) is 12.7. The molecule has 0 heterocycles. The third kappa shape index (κ3) is 3.84. The molecule has 0 aliphatic carbocycles. The van der Waals surface area contributed by atoms with E-state index in [2.05, 4.69) is 5.32 Å². The molecule has 1 aromatic carbocycles. The van der Waals surface area contributed by atoms with Crippen LogP contribution < -0.4 is 11.1 Å². The molecule has 0 aliphatic heterocycles. The molecule has 0 spiro atoms. The van der Waals surface area contributed by atoms with Crippen molar-refractivity contribution in [3.05, 3.63) is 30.1 Å². The smallest absolute Gasteiger partial charge is 0.328 e. The first-order chi connectivity index (χ1) is 8.19. The molecule has 0 saturated carbocycles. The lowest BCUT2D eigenvalue weighted by atomic mass is 10.3. The summed E-state index contributed by atoms with van der Waals surface area (Å²) in [6.07, 6.45) is 0.898. The van der Waals surface area contributed by atoms with E-state index in [4.69, 9.17) is 5.73 Å². The van der Waals surface area contributed by atoms with E-state index in [1.54, 1.807) is 6.07 Å². The minimum absolute atomic E-state index is 0.0390. The maximum Gasteiger partial charge on any atom is 0.328 e. The Balaban J connectivity index is 2.64. The van der Waals surface area contributed by atoms with Gasteiger partial charge in [-0.25, -0.2) is 9.18 Å². The van der Waals surface area contributed by atoms with Crippen LogP contribution in [0.25, 0.3) is 0 Å². The van der Waals surface area contributed by atoms with Crippen molar-refractivity contribution in [3.63, 3.8) is 0 Å². The highest BCUT2D eigenvalue weighted by molar-refractivity contribution is 5.95. The number of halogens is 1. The van der Waals surface area contributed by atoms with Gasteiger partial charge in [-0.05, 0) is 25.1 Å². The number of urea groups is 1. The van der Waals surface area contributed by atoms with Crippen LogP contribution in [0.1, 0.15) is 6.42 Å². The summed E-state index contributed by atoms with van der Waals surface area (Å²) in [7, 11) is 0. The Morgan fingerprint density at radius 1 is 1.47 bits per heavy atom. The Morgan fingerprint density at radius 3 is 2.76 bits per heavy atom. The van der Waals surface area contributed by atoms with Gasteiger partial charge >= 0.3 is 6.03 Å². The van der Waals surface area contributed by atoms with E-state index in [0.29, 0.717) is 19.4 Å². The van der Waals surface area contributed by atoms with Gasteiger partial charge in [-0.3, -0.25) is 9.69 Å². The number of nitrogens with one attached hydrogen (secondary N) is 1. The van der Waals surface area contributed by atoms with E-state index in [0.717, 1.165) is 4.90 Å². The van der Waals surface area contributed by atoms with Crippen LogP contribution in [0, 0.1) is 5.82 Å². The first-order valence-corrected chi connectivity index (χ1v) is 5.16. The lowest BCUT2D eigenvalue weighted by Crippen LogP contribution is -2.35. The molecule has 6 heteroatoms. The van der Waals surface area contributed by atoms with E-state index in [1.807, 2.05) is 0 Å². The van der Waals surface area contributed by atoms with Gasteiger partial charge in [-0.15, -0.1) is 0 Å². The van der Waals surface area contributed by atoms with Crippen LogP contribution in [0.2, 0.25) is 0 Å². The normalized spacial score (nSPS) is 9.76. The van der Waals surface area contributed by atoms with Crippen LogP contribution in [-0.2, 0) is 4.79 Å². The second-order valence-electron chi connectivity index (χ2n) is 3.35. The minimum Gasteiger partial charge on any atom is -0.330 e. The highest BCUT2D eigenvalue weighted by Gasteiger charge is 2.13. The van der Waals surface area contributed by atoms with E-state index in [-0.39, 0.29) is 12.2 Å². The van der Waals surface area contributed by atoms with Crippen LogP contribution in [0.3, 0.4) is 0 Å². The Bertz CT molecular complexity index is 398. The summed E-state index contributed by atoms with van der Waals surface area (Å²) in [5.41, 5.74) is 5.31. The van der Waals surface area contributed by atoms with Crippen molar-refractivity contribution < 1.29 is 14.0 Å². The maximum atomic E-state index is 13.2. The van der Waals surface area contributed by atoms with Crippen LogP contribution in [0.15, 0.2) is 24.3 Å². The minimum atomic E-state index is -0.668. The van der Waals surface area contributed by atoms with E-state index < -0.39 is 11.8 Å². The first-order valence-electron chi connectivity index (χ1n) is 5.16. The second-order valence-corrected chi connectivity index (χ2v) is 3.35. The largest absolute Gasteiger partial charge is 0.330 e. The number of carbonyl (C=O) groups is 2. The number of anilines is 1. The third-order valence-corrected chi connectivity index (χ3v) is 2.11. The molecule has 0 atom stereocenters. The summed E-state index contributed by atoms with van der Waals surface area (Å²) in [6.45, 7) is 0.581. The van der Waals surface area contributed by atoms with Crippen LogP contribution >= 0.6 is 0 Å². The third-order valence-electron chi connectivity index (χ3n) is 2.11. The molecule has 5 nitrogen and oxygen atoms in total. The Morgan fingerprint density at radius 2 is 2.18 bits per heavy atom. The Hall–Kier alpha value is -1.95. The predicted molar refractivity (Wildman–Crippen MR) is 61.9 cm³/mol. The number of rotatable bonds is 5. The van der Waals surface area contributed by atoms with Gasteiger partial charge in [0.2, 0.25) is 6.41 Å². The molecule has 0 bridgehead atoms. The van der Waals surface area contributed by atoms with Crippen molar-refractivity contribution in [1.29, 1.82) is 0 Å². The SMILES string of the molecule is NCCCN(C=O)C(=O)Nc1ccccc1F. The highest BCUT2D eigenvalue weighted by atomic mass is 19.1. The average molecular weight is 239 g/mol. The Kier molecular flexibility index (Phi) is 5.09. The van der Waals surface area contributed by atoms with Gasteiger partial charge < -0.3 is 11.1 Å². The summed E-state index contributed by atoms with van der Waals surface area (Å²) < 4.78 is 13.2. The lowest BCUT2D eigenvalue weighted by Gasteiger charge is -2.16. The molecule has 0 fully saturated rings. The van der Waals surface area contributed by atoms with Gasteiger partial charge in [0, 0.05) is 6.54 Å². The second kappa shape index (κ2) is 6.59. The van der Waals surface area contributed by atoms with Crippen LogP contribution in [0.4, 0.5) is 14.9 Å². The zero-order valence-corrected chi connectivity index (χ0v) is 9.23. The van der Waals surface area contributed by atoms with E-state index in [1.165, 1.54) is 18.2 Å². The van der Waals surface area contributed by atoms with Crippen molar-refractivity contribution >= 4 is 18.1 Å². The van der Waals surface area contributed by atoms with Gasteiger partial charge in [0.05, 0.1) is 5.69 Å². The van der Waals surface area contributed by atoms with Crippen molar-refractivity contribution in [3.8, 4) is 0 Å². The summed E-state index contributed by atoms with van der Waals surface area (Å²) >= 11 is 0. The average Bonchev–Trinajstić information content (AvgIpc) is 2.33. The first kappa shape index (κ1) is 13.1. The molecule has 0 unspecified atom stereocenters. The predicted octanol–water partition coefficient (Wildman–Crippen LogP) is 1.16. The maximum absolute atomic E-state index is 13.2. The molecule has 17 heavy (non-hydrogen) atoms. The summed E-state index contributed by atoms with van der Waals surface area (Å²) in [5.74, 6) is -0.550. The number of nitrogens with two attached hydrogens (primary N) is 1. The lowest BCUT2D eigenvalue weighted by molar-refractivity contribution is -0.115. The fourth-order valence-corrected chi connectivity index (χ4v) is 1.21. The van der Waals surface area contributed by atoms with Gasteiger partial charge in [0.1, 0.15) is 5.82 Å². The van der Waals surface area contributed by atoms with Crippen LogP contribution in [0.5, 0.6) is 0 Å². The molecule has 1 aromatic rings. The topological polar surface area (TPSA) is 75.4 Å². The van der Waals surface area contributed by atoms with Crippen LogP contribution in [-0.4, -0.2) is 30.4 Å². The van der Waals surface area contributed by atoms with Crippen molar-refractivity contribution in [1.82, 2.24) is 4.90 Å². The van der Waals surface area contributed by atoms with E-state index in [9.17, 15) is 14.0 Å². The van der Waals surface area contributed by atoms with Crippen molar-refractivity contribution in [2.45, 2.75) is 6.42 Å². The van der Waals surface area contributed by atoms with Gasteiger partial charge in [0.25, 0.3) is 0 Å². The highest BCUT2D eigenvalue weighted by Crippen LogP contribution is 2.12. The number of benzene rings is 1. The number of carbonyl (C=O) groups excluding carboxylic acids is 2. The molecule has 3 amide bonds. The molecular weight excluding hydrogens is 225 g/mol. The molecule has 92 valence electrons. The molecular formula is C11H14FN3O2. The molecule has 0 aromatic heterocycles. The molecule has 0 aliphatic rings. The summed E-state index contributed by atoms with van der Waals surface area (Å²) in [5, 5.41) is 2.31. The molecule has 0 radical (unpaired) electrons. The standard InChI is InChI=1S/C11H14FN3O2/c12-9-4-1-2-5-10(9)14-11(17)15(8-16)7-3-6-13/h1-2,4-5,8H,3,6-7,13H2,(H,14,17). The van der Waals surface area contributed by atoms with Gasteiger partial charge in [-0.2, -0.15) is 0 Å². The van der Waals surface area contributed by atoms with Crippen molar-refractivity contribution in [2.24, 2.45) is 5.73 Å². The van der Waals surface area contributed by atoms with Crippen molar-refractivity contribution in [2.75, 3.05) is 18.4 Å². The number of hydrogen-bond acceptors (Lipinski definition) is 3. The fourth-order valence-electron chi connectivity index (χ4n) is 1.21. The number of para-hydroxylation sites is 1. The monoisotopic (exact) mass is 239 g/mol. The quantitative estimate of drug-likeness (QED) is 0.757. The number of hydrogen-bond donors (Lipinski definition) is 2. The molecule has 0 saturated heterocycles. The summed E-state index contributed by atoms with van der Waals surface area (Å²) in [4.78, 5) is 23.2. The Labute approximate surface area is 98.4 Å². The number of nitrogens with zero attached hydrogens (tertiary/aromatic N) is 1. The number of amides is 3. The summed E-state index contributed by atoms with van der Waals surface area (Å²) in [6, 6.07) is 5.07.